The summed E-state index contributed by atoms with van der Waals surface area (Å²) in [6, 6.07) is 0. The molecule has 0 aromatic carbocycles. The van der Waals surface area contributed by atoms with E-state index in [2.05, 4.69) is 22.1 Å². The molecule has 0 spiro atoms. The fourth-order valence-electron chi connectivity index (χ4n) is 3.07. The second-order valence-electron chi connectivity index (χ2n) is 6.05. The van der Waals surface area contributed by atoms with E-state index in [1.165, 1.54) is 19.3 Å². The molecule has 2 fully saturated rings. The average Bonchev–Trinajstić information content (AvgIpc) is 3.11. The number of aryl methyl sites for hydroxylation is 1. The maximum Gasteiger partial charge on any atom is 0.208 e. The van der Waals surface area contributed by atoms with Crippen molar-refractivity contribution in [2.75, 3.05) is 19.6 Å². The summed E-state index contributed by atoms with van der Waals surface area (Å²) < 4.78 is 5.60. The zero-order valence-electron chi connectivity index (χ0n) is 11.4. The molecule has 1 unspecified atom stereocenters. The van der Waals surface area contributed by atoms with Crippen molar-refractivity contribution in [1.82, 2.24) is 15.2 Å². The predicted molar refractivity (Wildman–Crippen MR) is 70.3 cm³/mol. The lowest BCUT2D eigenvalue weighted by atomic mass is 9.95. The van der Waals surface area contributed by atoms with Crippen molar-refractivity contribution in [2.45, 2.75) is 45.2 Å². The topological polar surface area (TPSA) is 41.3 Å². The first-order valence-corrected chi connectivity index (χ1v) is 7.04. The fourth-order valence-corrected chi connectivity index (χ4v) is 3.07. The number of hydrogen-bond donors (Lipinski definition) is 1. The molecule has 1 aliphatic heterocycles. The van der Waals surface area contributed by atoms with Gasteiger partial charge in [0.25, 0.3) is 0 Å². The molecule has 0 radical (unpaired) electrons. The zero-order valence-corrected chi connectivity index (χ0v) is 11.4. The van der Waals surface area contributed by atoms with Crippen LogP contribution < -0.4 is 5.32 Å². The van der Waals surface area contributed by atoms with E-state index in [-0.39, 0.29) is 5.54 Å². The summed E-state index contributed by atoms with van der Waals surface area (Å²) >= 11 is 0. The van der Waals surface area contributed by atoms with Crippen LogP contribution in [0, 0.1) is 12.8 Å². The number of rotatable bonds is 3. The highest BCUT2D eigenvalue weighted by Gasteiger charge is 2.42. The lowest BCUT2D eigenvalue weighted by Crippen LogP contribution is -2.50. The van der Waals surface area contributed by atoms with Crippen LogP contribution in [0.25, 0.3) is 0 Å². The third kappa shape index (κ3) is 2.59. The van der Waals surface area contributed by atoms with Crippen LogP contribution in [0.15, 0.2) is 10.6 Å². The highest BCUT2D eigenvalue weighted by Crippen LogP contribution is 2.40. The lowest BCUT2D eigenvalue weighted by molar-refractivity contribution is 0.181. The Balaban J connectivity index is 1.67. The van der Waals surface area contributed by atoms with Gasteiger partial charge in [0.05, 0.1) is 12.7 Å². The molecule has 1 aliphatic carbocycles. The van der Waals surface area contributed by atoms with Crippen molar-refractivity contribution < 1.29 is 4.42 Å². The predicted octanol–water partition coefficient (Wildman–Crippen LogP) is 1.95. The third-order valence-corrected chi connectivity index (χ3v) is 4.24. The van der Waals surface area contributed by atoms with E-state index in [1.54, 1.807) is 0 Å². The van der Waals surface area contributed by atoms with Gasteiger partial charge in [-0.25, -0.2) is 4.98 Å². The Bertz CT molecular complexity index is 413. The van der Waals surface area contributed by atoms with Gasteiger partial charge < -0.3 is 9.73 Å². The minimum absolute atomic E-state index is 0.290. The van der Waals surface area contributed by atoms with E-state index in [1.807, 2.05) is 13.1 Å². The number of nitrogens with zero attached hydrogens (tertiary/aromatic N) is 2. The van der Waals surface area contributed by atoms with Gasteiger partial charge in [-0.15, -0.1) is 0 Å². The van der Waals surface area contributed by atoms with Crippen LogP contribution in [0.3, 0.4) is 0 Å². The van der Waals surface area contributed by atoms with Crippen LogP contribution in [0.5, 0.6) is 0 Å². The van der Waals surface area contributed by atoms with Crippen molar-refractivity contribution in [2.24, 2.45) is 5.92 Å². The Morgan fingerprint density at radius 1 is 1.56 bits per heavy atom. The van der Waals surface area contributed by atoms with Crippen molar-refractivity contribution in [3.63, 3.8) is 0 Å². The molecule has 4 nitrogen and oxygen atoms in total. The van der Waals surface area contributed by atoms with Gasteiger partial charge >= 0.3 is 0 Å². The average molecular weight is 249 g/mol. The standard InChI is InChI=1S/C14H23N3O/c1-11-8-15-13(18-11)9-17-7-3-6-16-14(2,10-17)12-4-5-12/h8,12,16H,3-7,9-10H2,1-2H3. The van der Waals surface area contributed by atoms with Crippen molar-refractivity contribution >= 4 is 0 Å². The largest absolute Gasteiger partial charge is 0.445 e. The van der Waals surface area contributed by atoms with Gasteiger partial charge in [0.2, 0.25) is 5.89 Å². The van der Waals surface area contributed by atoms with Crippen LogP contribution >= 0.6 is 0 Å². The smallest absolute Gasteiger partial charge is 0.208 e. The molecule has 0 amide bonds. The van der Waals surface area contributed by atoms with E-state index >= 15 is 0 Å². The molecule has 1 saturated carbocycles. The summed E-state index contributed by atoms with van der Waals surface area (Å²) in [5.74, 6) is 2.62. The first-order chi connectivity index (χ1) is 8.66. The molecule has 1 N–H and O–H groups in total. The number of nitrogens with one attached hydrogen (secondary N) is 1. The van der Waals surface area contributed by atoms with E-state index < -0.39 is 0 Å². The monoisotopic (exact) mass is 249 g/mol. The molecule has 4 heteroatoms. The van der Waals surface area contributed by atoms with E-state index in [4.69, 9.17) is 4.42 Å². The van der Waals surface area contributed by atoms with Crippen molar-refractivity contribution in [3.8, 4) is 0 Å². The number of aromatic nitrogens is 1. The summed E-state index contributed by atoms with van der Waals surface area (Å²) in [5, 5.41) is 3.75. The van der Waals surface area contributed by atoms with Crippen LogP contribution in [0.1, 0.15) is 37.8 Å². The van der Waals surface area contributed by atoms with Crippen molar-refractivity contribution in [1.29, 1.82) is 0 Å². The molecule has 3 rings (SSSR count). The van der Waals surface area contributed by atoms with Crippen LogP contribution in [0.4, 0.5) is 0 Å². The summed E-state index contributed by atoms with van der Waals surface area (Å²) in [7, 11) is 0. The molecule has 18 heavy (non-hydrogen) atoms. The SMILES string of the molecule is Cc1cnc(CN2CCCNC(C)(C3CC3)C2)o1. The van der Waals surface area contributed by atoms with Gasteiger partial charge in [0.1, 0.15) is 5.76 Å². The van der Waals surface area contributed by atoms with Gasteiger partial charge in [-0.2, -0.15) is 0 Å². The van der Waals surface area contributed by atoms with Gasteiger partial charge in [-0.1, -0.05) is 0 Å². The summed E-state index contributed by atoms with van der Waals surface area (Å²) in [5.41, 5.74) is 0.290. The molecular formula is C14H23N3O. The molecule has 1 saturated heterocycles. The quantitative estimate of drug-likeness (QED) is 0.889. The van der Waals surface area contributed by atoms with E-state index in [0.717, 1.165) is 43.7 Å². The molecule has 0 bridgehead atoms. The summed E-state index contributed by atoms with van der Waals surface area (Å²) in [4.78, 5) is 6.81. The minimum Gasteiger partial charge on any atom is -0.445 e. The highest BCUT2D eigenvalue weighted by atomic mass is 16.4. The van der Waals surface area contributed by atoms with E-state index in [0.29, 0.717) is 0 Å². The molecule has 1 aromatic rings. The normalized spacial score (nSPS) is 30.3. The number of hydrogen-bond acceptors (Lipinski definition) is 4. The van der Waals surface area contributed by atoms with Gasteiger partial charge in [0, 0.05) is 12.1 Å². The minimum atomic E-state index is 0.290. The summed E-state index contributed by atoms with van der Waals surface area (Å²) in [6.45, 7) is 8.56. The zero-order chi connectivity index (χ0) is 12.6. The lowest BCUT2D eigenvalue weighted by Gasteiger charge is -2.33. The van der Waals surface area contributed by atoms with Gasteiger partial charge in [-0.05, 0) is 52.1 Å². The van der Waals surface area contributed by atoms with Crippen LogP contribution in [0.2, 0.25) is 0 Å². The van der Waals surface area contributed by atoms with E-state index in [9.17, 15) is 0 Å². The maximum absolute atomic E-state index is 5.60. The Kier molecular flexibility index (Phi) is 3.16. The Morgan fingerprint density at radius 3 is 3.06 bits per heavy atom. The van der Waals surface area contributed by atoms with Gasteiger partial charge in [-0.3, -0.25) is 4.90 Å². The maximum atomic E-state index is 5.60. The second-order valence-corrected chi connectivity index (χ2v) is 6.05. The van der Waals surface area contributed by atoms with Gasteiger partial charge in [0.15, 0.2) is 0 Å². The molecule has 1 atom stereocenters. The first-order valence-electron chi connectivity index (χ1n) is 7.04. The van der Waals surface area contributed by atoms with Crippen LogP contribution in [-0.2, 0) is 6.54 Å². The molecule has 2 aliphatic rings. The Hall–Kier alpha value is -0.870. The Morgan fingerprint density at radius 2 is 2.39 bits per heavy atom. The van der Waals surface area contributed by atoms with Crippen LogP contribution in [-0.4, -0.2) is 35.1 Å². The molecular weight excluding hydrogens is 226 g/mol. The number of oxazole rings is 1. The third-order valence-electron chi connectivity index (χ3n) is 4.24. The molecule has 1 aromatic heterocycles. The second kappa shape index (κ2) is 4.67. The first kappa shape index (κ1) is 12.2. The van der Waals surface area contributed by atoms with Crippen molar-refractivity contribution in [3.05, 3.63) is 17.8 Å². The highest BCUT2D eigenvalue weighted by molar-refractivity contribution is 5.01. The fraction of sp³-hybridized carbons (Fsp3) is 0.786. The Labute approximate surface area is 109 Å². The summed E-state index contributed by atoms with van der Waals surface area (Å²) in [6.07, 6.45) is 5.79. The molecule has 2 heterocycles. The molecule has 100 valence electrons.